The highest BCUT2D eigenvalue weighted by Crippen LogP contribution is 2.41. The molecule has 0 aliphatic carbocycles. The molecule has 2 N–H and O–H groups in total. The van der Waals surface area contributed by atoms with E-state index in [1.54, 1.807) is 36.4 Å². The van der Waals surface area contributed by atoms with Crippen LogP contribution in [0.4, 0.5) is 13.2 Å². The number of para-hydroxylation sites is 1. The minimum atomic E-state index is -4.66. The molecule has 0 unspecified atom stereocenters. The Bertz CT molecular complexity index is 869. The van der Waals surface area contributed by atoms with Crippen molar-refractivity contribution >= 4 is 5.91 Å². The Hall–Kier alpha value is -3.02. The van der Waals surface area contributed by atoms with Crippen molar-refractivity contribution in [2.24, 2.45) is 5.73 Å². The number of alkyl halides is 3. The fourth-order valence-electron chi connectivity index (χ4n) is 2.66. The monoisotopic (exact) mass is 330 g/mol. The molecule has 0 bridgehead atoms. The number of halogens is 3. The maximum atomic E-state index is 13.8. The Morgan fingerprint density at radius 2 is 1.46 bits per heavy atom. The van der Waals surface area contributed by atoms with Crippen LogP contribution in [0, 0.1) is 0 Å². The molecule has 24 heavy (non-hydrogen) atoms. The average Bonchev–Trinajstić information content (AvgIpc) is 2.97. The molecule has 0 aliphatic heterocycles. The molecule has 0 spiro atoms. The number of amides is 1. The van der Waals surface area contributed by atoms with E-state index in [2.05, 4.69) is 0 Å². The Labute approximate surface area is 136 Å². The molecule has 2 aromatic carbocycles. The van der Waals surface area contributed by atoms with E-state index in [1.165, 1.54) is 24.3 Å². The molecule has 6 heteroatoms. The number of primary amides is 1. The van der Waals surface area contributed by atoms with Crippen molar-refractivity contribution in [1.29, 1.82) is 0 Å². The summed E-state index contributed by atoms with van der Waals surface area (Å²) in [6, 6.07) is 16.0. The topological polar surface area (TPSA) is 48.0 Å². The maximum Gasteiger partial charge on any atom is 0.432 e. The second-order valence-electron chi connectivity index (χ2n) is 5.20. The Kier molecular flexibility index (Phi) is 3.89. The zero-order valence-electron chi connectivity index (χ0n) is 12.4. The number of carbonyl (C=O) groups excluding carboxylic acids is 1. The van der Waals surface area contributed by atoms with Gasteiger partial charge in [-0.05, 0) is 17.7 Å². The molecule has 3 rings (SSSR count). The van der Waals surface area contributed by atoms with Gasteiger partial charge in [-0.2, -0.15) is 13.2 Å². The lowest BCUT2D eigenvalue weighted by molar-refractivity contribution is -0.141. The van der Waals surface area contributed by atoms with Gasteiger partial charge in [-0.3, -0.25) is 4.79 Å². The predicted octanol–water partition coefficient (Wildman–Crippen LogP) is 4.26. The van der Waals surface area contributed by atoms with E-state index in [9.17, 15) is 18.0 Å². The van der Waals surface area contributed by atoms with Crippen molar-refractivity contribution in [3.63, 3.8) is 0 Å². The number of hydrogen-bond acceptors (Lipinski definition) is 1. The summed E-state index contributed by atoms with van der Waals surface area (Å²) in [5.74, 6) is -0.908. The van der Waals surface area contributed by atoms with Gasteiger partial charge in [0.25, 0.3) is 5.91 Å². The third-order valence-electron chi connectivity index (χ3n) is 3.64. The van der Waals surface area contributed by atoms with Gasteiger partial charge in [0, 0.05) is 17.4 Å². The number of nitrogens with two attached hydrogens (primary N) is 1. The number of benzene rings is 2. The lowest BCUT2D eigenvalue weighted by atomic mass is 10.0. The van der Waals surface area contributed by atoms with Crippen LogP contribution in [0.1, 0.15) is 16.1 Å². The van der Waals surface area contributed by atoms with Crippen molar-refractivity contribution in [3.8, 4) is 16.8 Å². The van der Waals surface area contributed by atoms with Gasteiger partial charge in [0.2, 0.25) is 0 Å². The minimum absolute atomic E-state index is 0.169. The molecule has 1 heterocycles. The van der Waals surface area contributed by atoms with Crippen LogP contribution in [0.15, 0.2) is 66.9 Å². The largest absolute Gasteiger partial charge is 0.432 e. The van der Waals surface area contributed by atoms with Crippen LogP contribution >= 0.6 is 0 Å². The zero-order chi connectivity index (χ0) is 17.3. The summed E-state index contributed by atoms with van der Waals surface area (Å²) in [6.07, 6.45) is -3.52. The molecule has 122 valence electrons. The second kappa shape index (κ2) is 5.88. The average molecular weight is 330 g/mol. The van der Waals surface area contributed by atoms with Crippen LogP contribution in [-0.4, -0.2) is 10.5 Å². The summed E-state index contributed by atoms with van der Waals surface area (Å²) in [5, 5.41) is 0. The molecule has 0 saturated heterocycles. The van der Waals surface area contributed by atoms with E-state index in [-0.39, 0.29) is 16.7 Å². The van der Waals surface area contributed by atoms with Gasteiger partial charge in [-0.15, -0.1) is 0 Å². The highest BCUT2D eigenvalue weighted by molar-refractivity contribution is 6.01. The van der Waals surface area contributed by atoms with Crippen LogP contribution in [0.3, 0.4) is 0 Å². The fourth-order valence-corrected chi connectivity index (χ4v) is 2.66. The lowest BCUT2D eigenvalue weighted by Crippen LogP contribution is -2.14. The summed E-state index contributed by atoms with van der Waals surface area (Å²) in [6.45, 7) is 0. The third kappa shape index (κ3) is 2.78. The second-order valence-corrected chi connectivity index (χ2v) is 5.20. The van der Waals surface area contributed by atoms with E-state index in [1.807, 2.05) is 0 Å². The van der Waals surface area contributed by atoms with Gasteiger partial charge in [-0.25, -0.2) is 0 Å². The Morgan fingerprint density at radius 1 is 0.917 bits per heavy atom. The fraction of sp³-hybridized carbons (Fsp3) is 0.0556. The standard InChI is InChI=1S/C18H13F3N2O/c19-18(20,21)16-15(12-7-3-1-4-8-12)14(17(22)24)11-23(16)13-9-5-2-6-10-13/h1-11H,(H2,22,24). The molecular weight excluding hydrogens is 317 g/mol. The van der Waals surface area contributed by atoms with E-state index in [0.29, 0.717) is 5.69 Å². The Morgan fingerprint density at radius 3 is 1.96 bits per heavy atom. The first-order chi connectivity index (χ1) is 11.4. The van der Waals surface area contributed by atoms with Crippen LogP contribution in [-0.2, 0) is 6.18 Å². The number of nitrogens with zero attached hydrogens (tertiary/aromatic N) is 1. The molecule has 0 fully saturated rings. The summed E-state index contributed by atoms with van der Waals surface area (Å²) in [5.41, 5.74) is 4.62. The van der Waals surface area contributed by atoms with Crippen LogP contribution in [0.2, 0.25) is 0 Å². The van der Waals surface area contributed by atoms with Crippen molar-refractivity contribution < 1.29 is 18.0 Å². The van der Waals surface area contributed by atoms with Crippen LogP contribution in [0.5, 0.6) is 0 Å². The first-order valence-corrected chi connectivity index (χ1v) is 7.13. The first kappa shape index (κ1) is 15.9. The van der Waals surface area contributed by atoms with Gasteiger partial charge < -0.3 is 10.3 Å². The third-order valence-corrected chi connectivity index (χ3v) is 3.64. The molecule has 0 atom stereocenters. The number of aromatic nitrogens is 1. The van der Waals surface area contributed by atoms with Gasteiger partial charge >= 0.3 is 6.18 Å². The van der Waals surface area contributed by atoms with Crippen molar-refractivity contribution in [2.75, 3.05) is 0 Å². The quantitative estimate of drug-likeness (QED) is 0.766. The van der Waals surface area contributed by atoms with Gasteiger partial charge in [0.15, 0.2) is 0 Å². The van der Waals surface area contributed by atoms with Crippen molar-refractivity contribution in [1.82, 2.24) is 4.57 Å². The minimum Gasteiger partial charge on any atom is -0.366 e. The van der Waals surface area contributed by atoms with Crippen molar-refractivity contribution in [2.45, 2.75) is 6.18 Å². The SMILES string of the molecule is NC(=O)c1cn(-c2ccccc2)c(C(F)(F)F)c1-c1ccccc1. The molecule has 0 radical (unpaired) electrons. The number of carbonyl (C=O) groups is 1. The summed E-state index contributed by atoms with van der Waals surface area (Å²) in [4.78, 5) is 11.8. The molecule has 3 nitrogen and oxygen atoms in total. The molecule has 1 aromatic heterocycles. The van der Waals surface area contributed by atoms with E-state index in [0.717, 1.165) is 10.8 Å². The lowest BCUT2D eigenvalue weighted by Gasteiger charge is -2.14. The molecule has 0 saturated carbocycles. The highest BCUT2D eigenvalue weighted by atomic mass is 19.4. The molecule has 3 aromatic rings. The highest BCUT2D eigenvalue weighted by Gasteiger charge is 2.40. The Balaban J connectivity index is 2.39. The van der Waals surface area contributed by atoms with E-state index >= 15 is 0 Å². The molecule has 0 aliphatic rings. The first-order valence-electron chi connectivity index (χ1n) is 7.13. The van der Waals surface area contributed by atoms with Gasteiger partial charge in [0.1, 0.15) is 5.69 Å². The normalized spacial score (nSPS) is 11.5. The predicted molar refractivity (Wildman–Crippen MR) is 84.7 cm³/mol. The van der Waals surface area contributed by atoms with E-state index < -0.39 is 17.8 Å². The zero-order valence-corrected chi connectivity index (χ0v) is 12.4. The molecule has 1 amide bonds. The smallest absolute Gasteiger partial charge is 0.366 e. The van der Waals surface area contributed by atoms with Gasteiger partial charge in [0.05, 0.1) is 5.56 Å². The summed E-state index contributed by atoms with van der Waals surface area (Å²) in [7, 11) is 0. The summed E-state index contributed by atoms with van der Waals surface area (Å²) < 4.78 is 42.3. The van der Waals surface area contributed by atoms with Crippen LogP contribution in [0.25, 0.3) is 16.8 Å². The molecular formula is C18H13F3N2O. The van der Waals surface area contributed by atoms with Gasteiger partial charge in [-0.1, -0.05) is 48.5 Å². The van der Waals surface area contributed by atoms with Crippen molar-refractivity contribution in [3.05, 3.63) is 78.1 Å². The van der Waals surface area contributed by atoms with E-state index in [4.69, 9.17) is 5.73 Å². The summed E-state index contributed by atoms with van der Waals surface area (Å²) >= 11 is 0. The number of rotatable bonds is 3. The van der Waals surface area contributed by atoms with Crippen LogP contribution < -0.4 is 5.73 Å². The number of hydrogen-bond donors (Lipinski definition) is 1. The maximum absolute atomic E-state index is 13.8.